The molecule has 0 saturated heterocycles. The van der Waals surface area contributed by atoms with E-state index in [-0.39, 0.29) is 5.91 Å². The zero-order valence-electron chi connectivity index (χ0n) is 13.2. The fourth-order valence-electron chi connectivity index (χ4n) is 1.81. The van der Waals surface area contributed by atoms with E-state index in [9.17, 15) is 4.79 Å². The lowest BCUT2D eigenvalue weighted by Crippen LogP contribution is -2.30. The smallest absolute Gasteiger partial charge is 0.224 e. The van der Waals surface area contributed by atoms with Crippen LogP contribution in [0.3, 0.4) is 0 Å². The van der Waals surface area contributed by atoms with Gasteiger partial charge in [-0.3, -0.25) is 4.79 Å². The molecule has 0 atom stereocenters. The Balaban J connectivity index is 2.22. The molecule has 1 aromatic heterocycles. The van der Waals surface area contributed by atoms with E-state index in [1.54, 1.807) is 9.58 Å². The summed E-state index contributed by atoms with van der Waals surface area (Å²) in [5, 5.41) is 8.02. The average molecular weight is 282 g/mol. The molecule has 1 amide bonds. The monoisotopic (exact) mass is 282 g/mol. The van der Waals surface area contributed by atoms with Gasteiger partial charge in [-0.1, -0.05) is 19.1 Å². The number of aromatic nitrogens is 3. The quantitative estimate of drug-likeness (QED) is 0.683. The molecule has 6 nitrogen and oxygen atoms in total. The fraction of sp³-hybridized carbons (Fsp3) is 0.786. The maximum Gasteiger partial charge on any atom is 0.224 e. The van der Waals surface area contributed by atoms with E-state index >= 15 is 0 Å². The molecule has 114 valence electrons. The van der Waals surface area contributed by atoms with Gasteiger partial charge in [0.1, 0.15) is 5.69 Å². The highest BCUT2D eigenvalue weighted by molar-refractivity contribution is 5.75. The van der Waals surface area contributed by atoms with Gasteiger partial charge in [-0.15, -0.1) is 5.10 Å². The van der Waals surface area contributed by atoms with Gasteiger partial charge >= 0.3 is 0 Å². The molecule has 0 aliphatic carbocycles. The molecule has 1 heterocycles. The molecule has 6 heteroatoms. The van der Waals surface area contributed by atoms with Crippen molar-refractivity contribution < 1.29 is 9.53 Å². The van der Waals surface area contributed by atoms with Crippen LogP contribution >= 0.6 is 0 Å². The molecular weight excluding hydrogens is 256 g/mol. The molecule has 1 aromatic rings. The molecule has 0 bridgehead atoms. The van der Waals surface area contributed by atoms with Crippen molar-refractivity contribution in [1.82, 2.24) is 19.9 Å². The maximum absolute atomic E-state index is 11.8. The maximum atomic E-state index is 11.8. The highest BCUT2D eigenvalue weighted by Gasteiger charge is 2.10. The van der Waals surface area contributed by atoms with E-state index in [1.807, 2.05) is 27.1 Å². The van der Waals surface area contributed by atoms with Crippen LogP contribution in [-0.4, -0.2) is 46.0 Å². The summed E-state index contributed by atoms with van der Waals surface area (Å²) in [6, 6.07) is 0.294. The second-order valence-electron chi connectivity index (χ2n) is 5.75. The highest BCUT2D eigenvalue weighted by atomic mass is 16.5. The lowest BCUT2D eigenvalue weighted by atomic mass is 10.2. The van der Waals surface area contributed by atoms with Gasteiger partial charge in [0.15, 0.2) is 0 Å². The first-order chi connectivity index (χ1) is 9.40. The van der Waals surface area contributed by atoms with Gasteiger partial charge in [-0.25, -0.2) is 4.68 Å². The fourth-order valence-corrected chi connectivity index (χ4v) is 1.81. The van der Waals surface area contributed by atoms with Crippen molar-refractivity contribution in [3.63, 3.8) is 0 Å². The SMILES string of the molecule is CC(C)CN(C)C(=O)CCOCc1cn(C(C)C)nn1. The highest BCUT2D eigenvalue weighted by Crippen LogP contribution is 2.04. The summed E-state index contributed by atoms with van der Waals surface area (Å²) in [6.45, 7) is 9.87. The molecular formula is C14H26N4O2. The zero-order valence-corrected chi connectivity index (χ0v) is 13.2. The van der Waals surface area contributed by atoms with Crippen molar-refractivity contribution in [2.24, 2.45) is 5.92 Å². The van der Waals surface area contributed by atoms with Crippen molar-refractivity contribution in [1.29, 1.82) is 0 Å². The third-order valence-corrected chi connectivity index (χ3v) is 2.86. The van der Waals surface area contributed by atoms with E-state index < -0.39 is 0 Å². The Bertz CT molecular complexity index is 415. The summed E-state index contributed by atoms with van der Waals surface area (Å²) in [4.78, 5) is 13.6. The van der Waals surface area contributed by atoms with E-state index in [1.165, 1.54) is 0 Å². The summed E-state index contributed by atoms with van der Waals surface area (Å²) in [7, 11) is 1.83. The van der Waals surface area contributed by atoms with Gasteiger partial charge in [0.05, 0.1) is 25.8 Å². The zero-order chi connectivity index (χ0) is 15.1. The number of rotatable bonds is 8. The molecule has 0 aliphatic rings. The Hall–Kier alpha value is -1.43. The molecule has 0 aliphatic heterocycles. The summed E-state index contributed by atoms with van der Waals surface area (Å²) in [5.41, 5.74) is 0.793. The number of carbonyl (C=O) groups excluding carboxylic acids is 1. The van der Waals surface area contributed by atoms with Crippen LogP contribution in [0, 0.1) is 5.92 Å². The Morgan fingerprint density at radius 2 is 2.10 bits per heavy atom. The van der Waals surface area contributed by atoms with Gasteiger partial charge in [-0.05, 0) is 19.8 Å². The predicted octanol–water partition coefficient (Wildman–Crippen LogP) is 1.88. The number of amides is 1. The Labute approximate surface area is 121 Å². The molecule has 0 aromatic carbocycles. The van der Waals surface area contributed by atoms with Crippen molar-refractivity contribution in [2.75, 3.05) is 20.2 Å². The summed E-state index contributed by atoms with van der Waals surface area (Å²) in [6.07, 6.45) is 2.28. The van der Waals surface area contributed by atoms with Crippen LogP contribution in [0.4, 0.5) is 0 Å². The molecule has 0 fully saturated rings. The second-order valence-corrected chi connectivity index (χ2v) is 5.75. The average Bonchev–Trinajstić information content (AvgIpc) is 2.82. The van der Waals surface area contributed by atoms with Crippen LogP contribution in [0.2, 0.25) is 0 Å². The minimum atomic E-state index is 0.115. The summed E-state index contributed by atoms with van der Waals surface area (Å²) < 4.78 is 7.27. The summed E-state index contributed by atoms with van der Waals surface area (Å²) in [5.74, 6) is 0.598. The van der Waals surface area contributed by atoms with Crippen molar-refractivity contribution in [2.45, 2.75) is 46.8 Å². The first kappa shape index (κ1) is 16.6. The Morgan fingerprint density at radius 3 is 2.65 bits per heavy atom. The number of carbonyl (C=O) groups is 1. The second kappa shape index (κ2) is 7.99. The number of hydrogen-bond acceptors (Lipinski definition) is 4. The van der Waals surface area contributed by atoms with Crippen LogP contribution in [0.15, 0.2) is 6.20 Å². The van der Waals surface area contributed by atoms with Crippen molar-refractivity contribution >= 4 is 5.91 Å². The Morgan fingerprint density at radius 1 is 1.40 bits per heavy atom. The summed E-state index contributed by atoms with van der Waals surface area (Å²) >= 11 is 0. The van der Waals surface area contributed by atoms with Gasteiger partial charge in [0.2, 0.25) is 5.91 Å². The van der Waals surface area contributed by atoms with Crippen LogP contribution < -0.4 is 0 Å². The topological polar surface area (TPSA) is 60.2 Å². The van der Waals surface area contributed by atoms with Gasteiger partial charge in [0, 0.05) is 19.6 Å². The third kappa shape index (κ3) is 5.69. The lowest BCUT2D eigenvalue weighted by molar-refractivity contribution is -0.131. The number of hydrogen-bond donors (Lipinski definition) is 0. The minimum absolute atomic E-state index is 0.115. The molecule has 0 unspecified atom stereocenters. The molecule has 0 radical (unpaired) electrons. The van der Waals surface area contributed by atoms with Crippen LogP contribution in [-0.2, 0) is 16.1 Å². The molecule has 20 heavy (non-hydrogen) atoms. The van der Waals surface area contributed by atoms with E-state index in [2.05, 4.69) is 24.2 Å². The van der Waals surface area contributed by atoms with Gasteiger partial charge in [-0.2, -0.15) is 0 Å². The predicted molar refractivity (Wildman–Crippen MR) is 77.2 cm³/mol. The molecule has 1 rings (SSSR count). The number of ether oxygens (including phenoxy) is 1. The van der Waals surface area contributed by atoms with Crippen LogP contribution in [0.25, 0.3) is 0 Å². The van der Waals surface area contributed by atoms with Crippen LogP contribution in [0.5, 0.6) is 0 Å². The molecule has 0 spiro atoms. The first-order valence-corrected chi connectivity index (χ1v) is 7.12. The normalized spacial score (nSPS) is 11.3. The van der Waals surface area contributed by atoms with E-state index in [0.29, 0.717) is 31.6 Å². The molecule has 0 saturated carbocycles. The minimum Gasteiger partial charge on any atom is -0.374 e. The van der Waals surface area contributed by atoms with Crippen molar-refractivity contribution in [3.8, 4) is 0 Å². The van der Waals surface area contributed by atoms with Crippen molar-refractivity contribution in [3.05, 3.63) is 11.9 Å². The Kier molecular flexibility index (Phi) is 6.64. The van der Waals surface area contributed by atoms with Gasteiger partial charge in [0.25, 0.3) is 0 Å². The third-order valence-electron chi connectivity index (χ3n) is 2.86. The molecule has 0 N–H and O–H groups in total. The van der Waals surface area contributed by atoms with E-state index in [0.717, 1.165) is 12.2 Å². The number of nitrogens with zero attached hydrogens (tertiary/aromatic N) is 4. The lowest BCUT2D eigenvalue weighted by Gasteiger charge is -2.19. The van der Waals surface area contributed by atoms with Gasteiger partial charge < -0.3 is 9.64 Å². The van der Waals surface area contributed by atoms with E-state index in [4.69, 9.17) is 4.74 Å². The van der Waals surface area contributed by atoms with Crippen LogP contribution in [0.1, 0.15) is 45.9 Å². The largest absolute Gasteiger partial charge is 0.374 e. The first-order valence-electron chi connectivity index (χ1n) is 7.12. The standard InChI is InChI=1S/C14H26N4O2/c1-11(2)8-17(5)14(19)6-7-20-10-13-9-18(12(3)4)16-15-13/h9,11-12H,6-8,10H2,1-5H3.